The van der Waals surface area contributed by atoms with Crippen molar-refractivity contribution in [2.24, 2.45) is 0 Å². The van der Waals surface area contributed by atoms with Crippen LogP contribution in [-0.4, -0.2) is 22.8 Å². The third-order valence-electron chi connectivity index (χ3n) is 2.88. The van der Waals surface area contributed by atoms with Crippen molar-refractivity contribution < 1.29 is 9.72 Å². The monoisotopic (exact) mass is 325 g/mol. The van der Waals surface area contributed by atoms with Crippen LogP contribution in [0, 0.1) is 10.1 Å². The van der Waals surface area contributed by atoms with Gasteiger partial charge in [-0.2, -0.15) is 0 Å². The van der Waals surface area contributed by atoms with Gasteiger partial charge in [0.1, 0.15) is 5.69 Å². The standard InChI is InChI=1S/C13H12ClN3O3S/c1-16(7-8-5-6-11(14)21-8)13(18)9-3-2-4-10(12(9)15)17(19)20/h2-6H,7,15H2,1H3. The van der Waals surface area contributed by atoms with Gasteiger partial charge in [0.25, 0.3) is 11.6 Å². The first-order chi connectivity index (χ1) is 9.90. The Morgan fingerprint density at radius 1 is 1.43 bits per heavy atom. The van der Waals surface area contributed by atoms with E-state index in [0.717, 1.165) is 4.88 Å². The summed E-state index contributed by atoms with van der Waals surface area (Å²) in [6, 6.07) is 7.76. The minimum absolute atomic E-state index is 0.120. The second-order valence-electron chi connectivity index (χ2n) is 4.36. The summed E-state index contributed by atoms with van der Waals surface area (Å²) in [6.07, 6.45) is 0. The van der Waals surface area contributed by atoms with Gasteiger partial charge in [-0.3, -0.25) is 14.9 Å². The Bertz CT molecular complexity index is 702. The van der Waals surface area contributed by atoms with Crippen molar-refractivity contribution in [3.8, 4) is 0 Å². The Morgan fingerprint density at radius 2 is 2.14 bits per heavy atom. The van der Waals surface area contributed by atoms with E-state index in [4.69, 9.17) is 17.3 Å². The lowest BCUT2D eigenvalue weighted by Gasteiger charge is -2.17. The zero-order valence-corrected chi connectivity index (χ0v) is 12.6. The van der Waals surface area contributed by atoms with Gasteiger partial charge in [0, 0.05) is 18.0 Å². The van der Waals surface area contributed by atoms with Crippen LogP contribution in [0.25, 0.3) is 0 Å². The molecule has 0 saturated heterocycles. The number of hydrogen-bond acceptors (Lipinski definition) is 5. The number of nitrogens with zero attached hydrogens (tertiary/aromatic N) is 2. The van der Waals surface area contributed by atoms with Gasteiger partial charge in [-0.1, -0.05) is 17.7 Å². The predicted octanol–water partition coefficient (Wildman–Crippen LogP) is 3.16. The number of thiophene rings is 1. The molecule has 0 spiro atoms. The van der Waals surface area contributed by atoms with Crippen LogP contribution in [0.1, 0.15) is 15.2 Å². The van der Waals surface area contributed by atoms with Crippen molar-refractivity contribution in [1.29, 1.82) is 0 Å². The molecule has 2 aromatic rings. The molecule has 2 N–H and O–H groups in total. The molecule has 1 aromatic heterocycles. The number of carbonyl (C=O) groups excluding carboxylic acids is 1. The van der Waals surface area contributed by atoms with E-state index in [1.165, 1.54) is 34.4 Å². The normalized spacial score (nSPS) is 10.4. The zero-order valence-electron chi connectivity index (χ0n) is 11.1. The lowest BCUT2D eigenvalue weighted by molar-refractivity contribution is -0.383. The van der Waals surface area contributed by atoms with Gasteiger partial charge in [0.05, 0.1) is 21.4 Å². The average Bonchev–Trinajstić information content (AvgIpc) is 2.83. The third-order valence-corrected chi connectivity index (χ3v) is 4.09. The summed E-state index contributed by atoms with van der Waals surface area (Å²) in [5, 5.41) is 10.8. The molecular weight excluding hydrogens is 314 g/mol. The highest BCUT2D eigenvalue weighted by Gasteiger charge is 2.21. The molecule has 0 saturated carbocycles. The molecule has 0 aliphatic rings. The molecule has 1 aromatic carbocycles. The molecule has 2 rings (SSSR count). The number of nitrogen functional groups attached to an aromatic ring is 1. The smallest absolute Gasteiger partial charge is 0.292 e. The van der Waals surface area contributed by atoms with Crippen molar-refractivity contribution in [2.75, 3.05) is 12.8 Å². The number of hydrogen-bond donors (Lipinski definition) is 1. The molecule has 21 heavy (non-hydrogen) atoms. The Hall–Kier alpha value is -2.12. The summed E-state index contributed by atoms with van der Waals surface area (Å²) >= 11 is 7.21. The molecular formula is C13H12ClN3O3S. The van der Waals surface area contributed by atoms with Gasteiger partial charge < -0.3 is 10.6 Å². The Labute approximate surface area is 129 Å². The summed E-state index contributed by atoms with van der Waals surface area (Å²) in [7, 11) is 1.61. The molecule has 1 heterocycles. The number of halogens is 1. The number of nitrogens with two attached hydrogens (primary N) is 1. The topological polar surface area (TPSA) is 89.5 Å². The van der Waals surface area contributed by atoms with Crippen LogP contribution in [0.4, 0.5) is 11.4 Å². The number of rotatable bonds is 4. The van der Waals surface area contributed by atoms with Gasteiger partial charge >= 0.3 is 0 Å². The van der Waals surface area contributed by atoms with E-state index in [0.29, 0.717) is 10.9 Å². The summed E-state index contributed by atoms with van der Waals surface area (Å²) in [5.74, 6) is -0.374. The molecule has 0 unspecified atom stereocenters. The first-order valence-electron chi connectivity index (χ1n) is 5.92. The average molecular weight is 326 g/mol. The second kappa shape index (κ2) is 6.11. The van der Waals surface area contributed by atoms with Crippen molar-refractivity contribution in [3.05, 3.63) is 55.2 Å². The molecule has 0 bridgehead atoms. The fourth-order valence-corrected chi connectivity index (χ4v) is 2.99. The number of amides is 1. The summed E-state index contributed by atoms with van der Waals surface area (Å²) in [4.78, 5) is 24.9. The van der Waals surface area contributed by atoms with Crippen LogP contribution < -0.4 is 5.73 Å². The molecule has 8 heteroatoms. The SMILES string of the molecule is CN(Cc1ccc(Cl)s1)C(=O)c1cccc([N+](=O)[O-])c1N. The number of nitro benzene ring substituents is 1. The maximum atomic E-state index is 12.3. The first kappa shape index (κ1) is 15.3. The van der Waals surface area contributed by atoms with Crippen LogP contribution in [0.3, 0.4) is 0 Å². The highest BCUT2D eigenvalue weighted by Crippen LogP contribution is 2.27. The van der Waals surface area contributed by atoms with Gasteiger partial charge in [-0.15, -0.1) is 11.3 Å². The van der Waals surface area contributed by atoms with E-state index in [-0.39, 0.29) is 22.8 Å². The molecule has 0 fully saturated rings. The van der Waals surface area contributed by atoms with Crippen molar-refractivity contribution in [2.45, 2.75) is 6.54 Å². The number of benzene rings is 1. The number of anilines is 1. The summed E-state index contributed by atoms with van der Waals surface area (Å²) in [5.41, 5.74) is 5.44. The zero-order chi connectivity index (χ0) is 15.6. The van der Waals surface area contributed by atoms with Crippen molar-refractivity contribution in [3.63, 3.8) is 0 Å². The van der Waals surface area contributed by atoms with E-state index in [2.05, 4.69) is 0 Å². The molecule has 110 valence electrons. The molecule has 6 nitrogen and oxygen atoms in total. The van der Waals surface area contributed by atoms with Crippen LogP contribution >= 0.6 is 22.9 Å². The van der Waals surface area contributed by atoms with Crippen molar-refractivity contribution in [1.82, 2.24) is 4.90 Å². The molecule has 1 amide bonds. The fraction of sp³-hybridized carbons (Fsp3) is 0.154. The second-order valence-corrected chi connectivity index (χ2v) is 6.16. The van der Waals surface area contributed by atoms with E-state index < -0.39 is 4.92 Å². The van der Waals surface area contributed by atoms with Crippen LogP contribution in [-0.2, 0) is 6.54 Å². The quantitative estimate of drug-likeness (QED) is 0.531. The lowest BCUT2D eigenvalue weighted by Crippen LogP contribution is -2.26. The van der Waals surface area contributed by atoms with Crippen LogP contribution in [0.5, 0.6) is 0 Å². The van der Waals surface area contributed by atoms with E-state index in [1.807, 2.05) is 6.07 Å². The van der Waals surface area contributed by atoms with E-state index >= 15 is 0 Å². The molecule has 0 atom stereocenters. The first-order valence-corrected chi connectivity index (χ1v) is 7.12. The molecule has 0 aliphatic heterocycles. The maximum absolute atomic E-state index is 12.3. The molecule has 0 radical (unpaired) electrons. The highest BCUT2D eigenvalue weighted by molar-refractivity contribution is 7.16. The van der Waals surface area contributed by atoms with Gasteiger partial charge in [-0.05, 0) is 18.2 Å². The summed E-state index contributed by atoms with van der Waals surface area (Å²) < 4.78 is 0.640. The largest absolute Gasteiger partial charge is 0.393 e. The Morgan fingerprint density at radius 3 is 2.71 bits per heavy atom. The minimum Gasteiger partial charge on any atom is -0.393 e. The van der Waals surface area contributed by atoms with Crippen LogP contribution in [0.15, 0.2) is 30.3 Å². The Balaban J connectivity index is 2.23. The van der Waals surface area contributed by atoms with Gasteiger partial charge in [0.2, 0.25) is 0 Å². The number of para-hydroxylation sites is 1. The number of carbonyl (C=O) groups is 1. The predicted molar refractivity (Wildman–Crippen MR) is 82.6 cm³/mol. The third kappa shape index (κ3) is 3.32. The number of nitro groups is 1. The van der Waals surface area contributed by atoms with Gasteiger partial charge in [-0.25, -0.2) is 0 Å². The summed E-state index contributed by atoms with van der Waals surface area (Å²) in [6.45, 7) is 0.359. The van der Waals surface area contributed by atoms with E-state index in [1.54, 1.807) is 13.1 Å². The lowest BCUT2D eigenvalue weighted by atomic mass is 10.1. The van der Waals surface area contributed by atoms with Crippen molar-refractivity contribution >= 4 is 40.2 Å². The molecule has 0 aliphatic carbocycles. The Kier molecular flexibility index (Phi) is 4.44. The van der Waals surface area contributed by atoms with E-state index in [9.17, 15) is 14.9 Å². The maximum Gasteiger partial charge on any atom is 0.292 e. The van der Waals surface area contributed by atoms with Gasteiger partial charge in [0.15, 0.2) is 0 Å². The minimum atomic E-state index is -0.606. The highest BCUT2D eigenvalue weighted by atomic mass is 35.5. The fourth-order valence-electron chi connectivity index (χ4n) is 1.85. The van der Waals surface area contributed by atoms with Crippen LogP contribution in [0.2, 0.25) is 4.34 Å².